The van der Waals surface area contributed by atoms with Gasteiger partial charge in [-0.15, -0.1) is 13.2 Å². The van der Waals surface area contributed by atoms with Crippen molar-refractivity contribution in [3.05, 3.63) is 73.3 Å². The van der Waals surface area contributed by atoms with Crippen LogP contribution in [0.1, 0.15) is 18.5 Å². The highest BCUT2D eigenvalue weighted by Gasteiger charge is 2.06. The number of nitrogens with one attached hydrogen (secondary N) is 1. The van der Waals surface area contributed by atoms with Crippen molar-refractivity contribution in [3.8, 4) is 0 Å². The lowest BCUT2D eigenvalue weighted by Crippen LogP contribution is -2.18. The minimum atomic E-state index is 0.351. The highest BCUT2D eigenvalue weighted by Crippen LogP contribution is 2.23. The van der Waals surface area contributed by atoms with E-state index in [1.54, 1.807) is 6.08 Å². The summed E-state index contributed by atoms with van der Waals surface area (Å²) in [5, 5.41) is 6.05. The number of rotatable bonds is 5. The maximum atomic E-state index is 4.91. The Labute approximate surface area is 122 Å². The lowest BCUT2D eigenvalue weighted by molar-refractivity contribution is 0.622. The smallest absolute Gasteiger partial charge is 0.0300 e. The Morgan fingerprint density at radius 3 is 2.40 bits per heavy atom. The molecule has 0 fully saturated rings. The van der Waals surface area contributed by atoms with Crippen molar-refractivity contribution >= 4 is 10.8 Å². The molecule has 2 aromatic rings. The van der Waals surface area contributed by atoms with Gasteiger partial charge in [-0.2, -0.15) is 0 Å². The number of hydrogen-bond donors (Lipinski definition) is 2. The lowest BCUT2D eigenvalue weighted by atomic mass is 10.00. The van der Waals surface area contributed by atoms with E-state index >= 15 is 0 Å². The van der Waals surface area contributed by atoms with Crippen LogP contribution in [-0.2, 0) is 0 Å². The second kappa shape index (κ2) is 9.08. The molecule has 0 spiro atoms. The normalized spacial score (nSPS) is 11.3. The fourth-order valence-electron chi connectivity index (χ4n) is 2.00. The van der Waals surface area contributed by atoms with E-state index in [-0.39, 0.29) is 0 Å². The summed E-state index contributed by atoms with van der Waals surface area (Å²) in [6.07, 6.45) is 3.54. The van der Waals surface area contributed by atoms with Gasteiger partial charge in [-0.3, -0.25) is 0 Å². The topological polar surface area (TPSA) is 38.0 Å². The first kappa shape index (κ1) is 16.2. The molecule has 2 rings (SSSR count). The molecule has 0 bridgehead atoms. The van der Waals surface area contributed by atoms with E-state index in [2.05, 4.69) is 67.9 Å². The average molecular weight is 268 g/mol. The van der Waals surface area contributed by atoms with Gasteiger partial charge in [0.1, 0.15) is 0 Å². The van der Waals surface area contributed by atoms with Gasteiger partial charge >= 0.3 is 0 Å². The van der Waals surface area contributed by atoms with E-state index in [0.717, 1.165) is 6.54 Å². The Hall–Kier alpha value is -1.90. The van der Waals surface area contributed by atoms with E-state index in [1.807, 2.05) is 6.08 Å². The molecule has 0 saturated carbocycles. The Bertz CT molecular complexity index is 541. The molecular weight excluding hydrogens is 244 g/mol. The zero-order valence-electron chi connectivity index (χ0n) is 12.2. The molecule has 106 valence electrons. The van der Waals surface area contributed by atoms with Crippen LogP contribution in [0.15, 0.2) is 67.8 Å². The van der Waals surface area contributed by atoms with Crippen molar-refractivity contribution in [3.63, 3.8) is 0 Å². The Kier molecular flexibility index (Phi) is 7.33. The zero-order chi connectivity index (χ0) is 14.8. The molecular formula is C18H24N2. The van der Waals surface area contributed by atoms with E-state index in [0.29, 0.717) is 12.6 Å². The summed E-state index contributed by atoms with van der Waals surface area (Å²) >= 11 is 0. The van der Waals surface area contributed by atoms with Crippen LogP contribution in [0, 0.1) is 0 Å². The summed E-state index contributed by atoms with van der Waals surface area (Å²) in [5.74, 6) is 0. The van der Waals surface area contributed by atoms with Crippen LogP contribution in [0.25, 0.3) is 10.8 Å². The molecule has 0 amide bonds. The molecule has 0 aliphatic rings. The fourth-order valence-corrected chi connectivity index (χ4v) is 2.00. The van der Waals surface area contributed by atoms with Crippen molar-refractivity contribution in [2.45, 2.75) is 13.0 Å². The molecule has 0 aliphatic carbocycles. The number of fused-ring (bicyclic) bond motifs is 1. The number of nitrogens with two attached hydrogens (primary N) is 1. The van der Waals surface area contributed by atoms with Gasteiger partial charge in [-0.05, 0) is 23.3 Å². The first-order valence-corrected chi connectivity index (χ1v) is 6.87. The van der Waals surface area contributed by atoms with Crippen LogP contribution in [0.3, 0.4) is 0 Å². The first-order valence-electron chi connectivity index (χ1n) is 6.87. The molecule has 0 aromatic heterocycles. The number of hydrogen-bond acceptors (Lipinski definition) is 2. The predicted molar refractivity (Wildman–Crippen MR) is 89.8 cm³/mol. The Morgan fingerprint density at radius 1 is 1.10 bits per heavy atom. The summed E-state index contributed by atoms with van der Waals surface area (Å²) in [7, 11) is 0. The lowest BCUT2D eigenvalue weighted by Gasteiger charge is -2.15. The second-order valence-corrected chi connectivity index (χ2v) is 4.51. The van der Waals surface area contributed by atoms with Gasteiger partial charge in [0.05, 0.1) is 0 Å². The monoisotopic (exact) mass is 268 g/mol. The highest BCUT2D eigenvalue weighted by molar-refractivity contribution is 5.86. The molecule has 0 aliphatic heterocycles. The van der Waals surface area contributed by atoms with Gasteiger partial charge in [-0.1, -0.05) is 54.6 Å². The predicted octanol–water partition coefficient (Wildman–Crippen LogP) is 3.81. The van der Waals surface area contributed by atoms with E-state index in [9.17, 15) is 0 Å². The standard InChI is InChI=1S/C15H17N.C3H7N/c1-3-11-16-12(2)14-10-6-8-13-7-4-5-9-15(13)14;1-2-3-4/h3-10,12,16H,1,11H2,2H3;2H,1,3-4H2/t12-;/m1./s1. The molecule has 1 atom stereocenters. The number of benzene rings is 2. The molecule has 2 nitrogen and oxygen atoms in total. The van der Waals surface area contributed by atoms with Crippen LogP contribution >= 0.6 is 0 Å². The molecule has 0 heterocycles. The quantitative estimate of drug-likeness (QED) is 0.809. The molecule has 20 heavy (non-hydrogen) atoms. The zero-order valence-corrected chi connectivity index (χ0v) is 12.2. The van der Waals surface area contributed by atoms with Gasteiger partial charge < -0.3 is 11.1 Å². The molecule has 0 unspecified atom stereocenters. The molecule has 0 radical (unpaired) electrons. The Morgan fingerprint density at radius 2 is 1.75 bits per heavy atom. The Balaban J connectivity index is 0.000000444. The maximum Gasteiger partial charge on any atom is 0.0300 e. The third-order valence-electron chi connectivity index (χ3n) is 3.02. The van der Waals surface area contributed by atoms with Gasteiger partial charge in [-0.25, -0.2) is 0 Å². The SMILES string of the molecule is C=CCN.C=CCN[C@H](C)c1cccc2ccccc12. The van der Waals surface area contributed by atoms with Crippen LogP contribution < -0.4 is 11.1 Å². The van der Waals surface area contributed by atoms with Crippen molar-refractivity contribution in [1.29, 1.82) is 0 Å². The average Bonchev–Trinajstić information content (AvgIpc) is 2.52. The van der Waals surface area contributed by atoms with E-state index < -0.39 is 0 Å². The summed E-state index contributed by atoms with van der Waals surface area (Å²) in [6.45, 7) is 10.7. The maximum absolute atomic E-state index is 4.91. The third-order valence-corrected chi connectivity index (χ3v) is 3.02. The van der Waals surface area contributed by atoms with Gasteiger partial charge in [0, 0.05) is 19.1 Å². The van der Waals surface area contributed by atoms with Crippen molar-refractivity contribution < 1.29 is 0 Å². The molecule has 3 N–H and O–H groups in total. The minimum Gasteiger partial charge on any atom is -0.327 e. The van der Waals surface area contributed by atoms with Gasteiger partial charge in [0.2, 0.25) is 0 Å². The van der Waals surface area contributed by atoms with Crippen LogP contribution in [0.2, 0.25) is 0 Å². The molecule has 2 heteroatoms. The fraction of sp³-hybridized carbons (Fsp3) is 0.222. The van der Waals surface area contributed by atoms with E-state index in [4.69, 9.17) is 5.73 Å². The summed E-state index contributed by atoms with van der Waals surface area (Å²) in [4.78, 5) is 0. The van der Waals surface area contributed by atoms with Crippen LogP contribution in [-0.4, -0.2) is 13.1 Å². The second-order valence-electron chi connectivity index (χ2n) is 4.51. The van der Waals surface area contributed by atoms with Crippen LogP contribution in [0.5, 0.6) is 0 Å². The largest absolute Gasteiger partial charge is 0.327 e. The minimum absolute atomic E-state index is 0.351. The van der Waals surface area contributed by atoms with Crippen molar-refractivity contribution in [2.24, 2.45) is 5.73 Å². The summed E-state index contributed by atoms with van der Waals surface area (Å²) < 4.78 is 0. The first-order chi connectivity index (χ1) is 9.74. The molecule has 2 aromatic carbocycles. The third kappa shape index (κ3) is 4.65. The van der Waals surface area contributed by atoms with Crippen molar-refractivity contribution in [2.75, 3.05) is 13.1 Å². The highest BCUT2D eigenvalue weighted by atomic mass is 14.9. The van der Waals surface area contributed by atoms with Gasteiger partial charge in [0.15, 0.2) is 0 Å². The van der Waals surface area contributed by atoms with E-state index in [1.165, 1.54) is 16.3 Å². The summed E-state index contributed by atoms with van der Waals surface area (Å²) in [5.41, 5.74) is 6.26. The van der Waals surface area contributed by atoms with Gasteiger partial charge in [0.25, 0.3) is 0 Å². The van der Waals surface area contributed by atoms with Crippen molar-refractivity contribution in [1.82, 2.24) is 5.32 Å². The summed E-state index contributed by atoms with van der Waals surface area (Å²) in [6, 6.07) is 15.3. The van der Waals surface area contributed by atoms with Crippen LogP contribution in [0.4, 0.5) is 0 Å². The molecule has 0 saturated heterocycles.